The molecule has 1 aliphatic heterocycles. The van der Waals surface area contributed by atoms with E-state index in [1.807, 2.05) is 13.0 Å². The van der Waals surface area contributed by atoms with Crippen molar-refractivity contribution in [2.75, 3.05) is 20.2 Å². The average Bonchev–Trinajstić information content (AvgIpc) is 2.64. The van der Waals surface area contributed by atoms with Crippen LogP contribution in [-0.2, 0) is 10.0 Å². The van der Waals surface area contributed by atoms with Crippen LogP contribution < -0.4 is 9.47 Å². The SMILES string of the molecule is COc1ccc(C)cc1S(=O)(=O)N1CCC[C@@H](Oc2ccncc2Cl)C1. The molecule has 0 amide bonds. The number of hydrogen-bond donors (Lipinski definition) is 0. The van der Waals surface area contributed by atoms with E-state index in [0.29, 0.717) is 29.5 Å². The molecule has 26 heavy (non-hydrogen) atoms. The maximum Gasteiger partial charge on any atom is 0.246 e. The Morgan fingerprint density at radius 2 is 2.08 bits per heavy atom. The first kappa shape index (κ1) is 18.9. The molecular formula is C18H21ClN2O4S. The number of nitrogens with zero attached hydrogens (tertiary/aromatic N) is 2. The fourth-order valence-electron chi connectivity index (χ4n) is 2.98. The number of methoxy groups -OCH3 is 1. The third-order valence-corrected chi connectivity index (χ3v) is 6.48. The molecule has 0 aliphatic carbocycles. The molecule has 6 nitrogen and oxygen atoms in total. The Morgan fingerprint density at radius 3 is 2.81 bits per heavy atom. The summed E-state index contributed by atoms with van der Waals surface area (Å²) in [5.41, 5.74) is 0.859. The lowest BCUT2D eigenvalue weighted by Gasteiger charge is -2.32. The van der Waals surface area contributed by atoms with Gasteiger partial charge < -0.3 is 9.47 Å². The number of sulfonamides is 1. The molecule has 2 aromatic rings. The number of ether oxygens (including phenoxy) is 2. The van der Waals surface area contributed by atoms with E-state index < -0.39 is 10.0 Å². The van der Waals surface area contributed by atoms with Crippen molar-refractivity contribution in [2.24, 2.45) is 0 Å². The zero-order chi connectivity index (χ0) is 18.7. The molecule has 1 saturated heterocycles. The number of pyridine rings is 1. The summed E-state index contributed by atoms with van der Waals surface area (Å²) in [6.45, 7) is 2.56. The van der Waals surface area contributed by atoms with E-state index in [1.54, 1.807) is 24.4 Å². The van der Waals surface area contributed by atoms with E-state index in [-0.39, 0.29) is 17.5 Å². The van der Waals surface area contributed by atoms with Gasteiger partial charge in [-0.25, -0.2) is 8.42 Å². The molecular weight excluding hydrogens is 376 g/mol. The van der Waals surface area contributed by atoms with Gasteiger partial charge in [0.05, 0.1) is 13.7 Å². The average molecular weight is 397 g/mol. The van der Waals surface area contributed by atoms with Gasteiger partial charge in [-0.05, 0) is 37.5 Å². The zero-order valence-electron chi connectivity index (χ0n) is 14.7. The van der Waals surface area contributed by atoms with Gasteiger partial charge in [-0.15, -0.1) is 0 Å². The van der Waals surface area contributed by atoms with E-state index in [9.17, 15) is 8.42 Å². The number of aryl methyl sites for hydroxylation is 1. The van der Waals surface area contributed by atoms with Gasteiger partial charge in [0.15, 0.2) is 0 Å². The fraction of sp³-hybridized carbons (Fsp3) is 0.389. The van der Waals surface area contributed by atoms with E-state index in [1.165, 1.54) is 17.6 Å². The molecule has 140 valence electrons. The summed E-state index contributed by atoms with van der Waals surface area (Å²) in [6.07, 6.45) is 4.30. The van der Waals surface area contributed by atoms with Crippen molar-refractivity contribution in [1.29, 1.82) is 0 Å². The Hall–Kier alpha value is -1.83. The predicted molar refractivity (Wildman–Crippen MR) is 99.4 cm³/mol. The van der Waals surface area contributed by atoms with Crippen LogP contribution in [-0.4, -0.2) is 44.0 Å². The fourth-order valence-corrected chi connectivity index (χ4v) is 4.90. The molecule has 0 radical (unpaired) electrons. The summed E-state index contributed by atoms with van der Waals surface area (Å²) in [6, 6.07) is 6.82. The third kappa shape index (κ3) is 3.95. The van der Waals surface area contributed by atoms with Gasteiger partial charge in [0.1, 0.15) is 27.5 Å². The minimum absolute atomic E-state index is 0.183. The molecule has 1 aromatic heterocycles. The third-order valence-electron chi connectivity index (χ3n) is 4.31. The van der Waals surface area contributed by atoms with Gasteiger partial charge in [-0.2, -0.15) is 4.31 Å². The van der Waals surface area contributed by atoms with Crippen molar-refractivity contribution >= 4 is 21.6 Å². The van der Waals surface area contributed by atoms with Crippen LogP contribution in [0, 0.1) is 6.92 Å². The normalized spacial score (nSPS) is 18.5. The Bertz CT molecular complexity index is 889. The van der Waals surface area contributed by atoms with Gasteiger partial charge in [0, 0.05) is 25.0 Å². The molecule has 0 saturated carbocycles. The topological polar surface area (TPSA) is 68.7 Å². The molecule has 0 bridgehead atoms. The van der Waals surface area contributed by atoms with E-state index in [4.69, 9.17) is 21.1 Å². The minimum atomic E-state index is -3.68. The minimum Gasteiger partial charge on any atom is -0.495 e. The molecule has 1 fully saturated rings. The molecule has 8 heteroatoms. The zero-order valence-corrected chi connectivity index (χ0v) is 16.3. The smallest absolute Gasteiger partial charge is 0.246 e. The number of benzene rings is 1. The van der Waals surface area contributed by atoms with Crippen LogP contribution in [0.3, 0.4) is 0 Å². The first-order chi connectivity index (χ1) is 12.4. The molecule has 1 atom stereocenters. The lowest BCUT2D eigenvalue weighted by Crippen LogP contribution is -2.44. The van der Waals surface area contributed by atoms with Crippen molar-refractivity contribution in [3.8, 4) is 11.5 Å². The number of piperidine rings is 1. The summed E-state index contributed by atoms with van der Waals surface area (Å²) in [4.78, 5) is 4.11. The van der Waals surface area contributed by atoms with Crippen molar-refractivity contribution in [3.63, 3.8) is 0 Å². The second kappa shape index (κ2) is 7.82. The monoisotopic (exact) mass is 396 g/mol. The highest BCUT2D eigenvalue weighted by molar-refractivity contribution is 7.89. The highest BCUT2D eigenvalue weighted by Gasteiger charge is 2.33. The van der Waals surface area contributed by atoms with Crippen molar-refractivity contribution in [2.45, 2.75) is 30.8 Å². The standard InChI is InChI=1S/C18H21ClN2O4S/c1-13-5-6-17(24-2)18(10-13)26(22,23)21-9-3-4-14(12-21)25-16-7-8-20-11-15(16)19/h5-8,10-11,14H,3-4,9,12H2,1-2H3/t14-/m1/s1. The highest BCUT2D eigenvalue weighted by atomic mass is 35.5. The van der Waals surface area contributed by atoms with E-state index >= 15 is 0 Å². The van der Waals surface area contributed by atoms with Crippen LogP contribution in [0.5, 0.6) is 11.5 Å². The van der Waals surface area contributed by atoms with Crippen LogP contribution in [0.25, 0.3) is 0 Å². The number of halogens is 1. The van der Waals surface area contributed by atoms with Crippen molar-refractivity contribution in [1.82, 2.24) is 9.29 Å². The van der Waals surface area contributed by atoms with Crippen LogP contribution in [0.2, 0.25) is 5.02 Å². The Balaban J connectivity index is 1.83. The largest absolute Gasteiger partial charge is 0.495 e. The molecule has 0 N–H and O–H groups in total. The maximum absolute atomic E-state index is 13.1. The van der Waals surface area contributed by atoms with Gasteiger partial charge in [0.25, 0.3) is 0 Å². The lowest BCUT2D eigenvalue weighted by molar-refractivity contribution is 0.129. The molecule has 0 unspecified atom stereocenters. The van der Waals surface area contributed by atoms with Gasteiger partial charge >= 0.3 is 0 Å². The summed E-state index contributed by atoms with van der Waals surface area (Å²) < 4.78 is 38.9. The van der Waals surface area contributed by atoms with Crippen molar-refractivity contribution in [3.05, 3.63) is 47.2 Å². The van der Waals surface area contributed by atoms with E-state index in [2.05, 4.69) is 4.98 Å². The molecule has 3 rings (SSSR count). The summed E-state index contributed by atoms with van der Waals surface area (Å²) >= 11 is 6.09. The predicted octanol–water partition coefficient (Wildman–Crippen LogP) is 3.28. The molecule has 1 aromatic carbocycles. The van der Waals surface area contributed by atoms with Crippen LogP contribution in [0.4, 0.5) is 0 Å². The summed E-state index contributed by atoms with van der Waals surface area (Å²) in [5, 5.41) is 0.410. The molecule has 1 aliphatic rings. The van der Waals surface area contributed by atoms with Gasteiger partial charge in [-0.1, -0.05) is 17.7 Å². The van der Waals surface area contributed by atoms with Crippen LogP contribution >= 0.6 is 11.6 Å². The van der Waals surface area contributed by atoms with Crippen LogP contribution in [0.1, 0.15) is 18.4 Å². The highest BCUT2D eigenvalue weighted by Crippen LogP contribution is 2.31. The van der Waals surface area contributed by atoms with Gasteiger partial charge in [-0.3, -0.25) is 4.98 Å². The number of hydrogen-bond acceptors (Lipinski definition) is 5. The Kier molecular flexibility index (Phi) is 5.70. The second-order valence-corrected chi connectivity index (χ2v) is 8.52. The maximum atomic E-state index is 13.1. The Morgan fingerprint density at radius 1 is 1.27 bits per heavy atom. The summed E-state index contributed by atoms with van der Waals surface area (Å²) in [7, 11) is -2.21. The second-order valence-electron chi connectivity index (χ2n) is 6.21. The lowest BCUT2D eigenvalue weighted by atomic mass is 10.1. The first-order valence-electron chi connectivity index (χ1n) is 8.33. The Labute approximate surface area is 158 Å². The molecule has 2 heterocycles. The molecule has 0 spiro atoms. The van der Waals surface area contributed by atoms with E-state index in [0.717, 1.165) is 12.0 Å². The van der Waals surface area contributed by atoms with Gasteiger partial charge in [0.2, 0.25) is 10.0 Å². The van der Waals surface area contributed by atoms with Crippen molar-refractivity contribution < 1.29 is 17.9 Å². The van der Waals surface area contributed by atoms with Crippen LogP contribution in [0.15, 0.2) is 41.6 Å². The first-order valence-corrected chi connectivity index (χ1v) is 10.1. The number of rotatable bonds is 5. The summed E-state index contributed by atoms with van der Waals surface area (Å²) in [5.74, 6) is 0.856. The quantitative estimate of drug-likeness (QED) is 0.775. The number of aromatic nitrogens is 1.